The average Bonchev–Trinajstić information content (AvgIpc) is 2.91. The van der Waals surface area contributed by atoms with E-state index in [0.29, 0.717) is 6.04 Å². The van der Waals surface area contributed by atoms with Gasteiger partial charge in [-0.15, -0.1) is 0 Å². The summed E-state index contributed by atoms with van der Waals surface area (Å²) < 4.78 is 5.62. The van der Waals surface area contributed by atoms with Crippen LogP contribution in [0.1, 0.15) is 44.4 Å². The summed E-state index contributed by atoms with van der Waals surface area (Å²) in [5, 5.41) is 3.68. The number of hydrogen-bond donors (Lipinski definition) is 1. The van der Waals surface area contributed by atoms with Crippen molar-refractivity contribution in [2.75, 3.05) is 27.2 Å². The standard InChI is InChI=1S/C17H28N2O/c1-6-17(3,19(4)5)16(18-7-2)14-8-9-15-13(12-14)10-11-20-15/h8-9,12,16,18H,6-7,10-11H2,1-5H3. The van der Waals surface area contributed by atoms with E-state index in [0.717, 1.165) is 31.7 Å². The summed E-state index contributed by atoms with van der Waals surface area (Å²) in [6.45, 7) is 8.57. The second-order valence-corrected chi connectivity index (χ2v) is 6.06. The highest BCUT2D eigenvalue weighted by Gasteiger charge is 2.35. The molecule has 1 heterocycles. The Bertz CT molecular complexity index is 458. The predicted octanol–water partition coefficient (Wildman–Crippen LogP) is 3.00. The van der Waals surface area contributed by atoms with Crippen LogP contribution in [0.5, 0.6) is 5.75 Å². The average molecular weight is 276 g/mol. The van der Waals surface area contributed by atoms with Gasteiger partial charge in [-0.25, -0.2) is 0 Å². The lowest BCUT2D eigenvalue weighted by Crippen LogP contribution is -2.51. The van der Waals surface area contributed by atoms with Crippen molar-refractivity contribution in [3.8, 4) is 5.75 Å². The van der Waals surface area contributed by atoms with E-state index in [4.69, 9.17) is 4.74 Å². The van der Waals surface area contributed by atoms with Gasteiger partial charge in [0, 0.05) is 12.0 Å². The molecule has 2 rings (SSSR count). The summed E-state index contributed by atoms with van der Waals surface area (Å²) in [5.41, 5.74) is 2.82. The van der Waals surface area contributed by atoms with E-state index in [2.05, 4.69) is 63.3 Å². The Hall–Kier alpha value is -1.06. The van der Waals surface area contributed by atoms with Gasteiger partial charge in [-0.2, -0.15) is 0 Å². The van der Waals surface area contributed by atoms with E-state index in [9.17, 15) is 0 Å². The van der Waals surface area contributed by atoms with Crippen molar-refractivity contribution in [3.63, 3.8) is 0 Å². The van der Waals surface area contributed by atoms with Gasteiger partial charge >= 0.3 is 0 Å². The third kappa shape index (κ3) is 2.70. The van der Waals surface area contributed by atoms with E-state index < -0.39 is 0 Å². The maximum atomic E-state index is 5.62. The van der Waals surface area contributed by atoms with Crippen LogP contribution in [0.3, 0.4) is 0 Å². The summed E-state index contributed by atoms with van der Waals surface area (Å²) in [7, 11) is 4.34. The van der Waals surface area contributed by atoms with Crippen LogP contribution in [0.15, 0.2) is 18.2 Å². The zero-order valence-electron chi connectivity index (χ0n) is 13.5. The van der Waals surface area contributed by atoms with Crippen molar-refractivity contribution in [2.45, 2.75) is 45.2 Å². The molecule has 0 bridgehead atoms. The molecule has 0 spiro atoms. The fraction of sp³-hybridized carbons (Fsp3) is 0.647. The van der Waals surface area contributed by atoms with Crippen LogP contribution in [0.25, 0.3) is 0 Å². The summed E-state index contributed by atoms with van der Waals surface area (Å²) in [4.78, 5) is 2.34. The molecule has 0 saturated heterocycles. The molecule has 0 aromatic heterocycles. The van der Waals surface area contributed by atoms with Crippen molar-refractivity contribution in [3.05, 3.63) is 29.3 Å². The van der Waals surface area contributed by atoms with Crippen molar-refractivity contribution >= 4 is 0 Å². The molecular formula is C17H28N2O. The minimum absolute atomic E-state index is 0.101. The third-order valence-electron chi connectivity index (χ3n) is 4.81. The first-order valence-corrected chi connectivity index (χ1v) is 7.69. The molecule has 1 N–H and O–H groups in total. The largest absolute Gasteiger partial charge is 0.493 e. The first kappa shape index (κ1) is 15.3. The Morgan fingerprint density at radius 1 is 1.35 bits per heavy atom. The maximum absolute atomic E-state index is 5.62. The molecule has 2 atom stereocenters. The molecule has 1 aliphatic rings. The number of ether oxygens (including phenoxy) is 1. The fourth-order valence-corrected chi connectivity index (χ4v) is 3.07. The molecule has 1 aromatic rings. The molecule has 0 saturated carbocycles. The van der Waals surface area contributed by atoms with E-state index in [1.165, 1.54) is 11.1 Å². The quantitative estimate of drug-likeness (QED) is 0.864. The van der Waals surface area contributed by atoms with Crippen LogP contribution < -0.4 is 10.1 Å². The van der Waals surface area contributed by atoms with E-state index >= 15 is 0 Å². The lowest BCUT2D eigenvalue weighted by molar-refractivity contribution is 0.113. The normalized spacial score (nSPS) is 18.5. The number of fused-ring (bicyclic) bond motifs is 1. The highest BCUT2D eigenvalue weighted by atomic mass is 16.5. The topological polar surface area (TPSA) is 24.5 Å². The van der Waals surface area contributed by atoms with Crippen molar-refractivity contribution in [1.82, 2.24) is 10.2 Å². The van der Waals surface area contributed by atoms with Gasteiger partial charge < -0.3 is 15.0 Å². The summed E-state index contributed by atoms with van der Waals surface area (Å²) in [6.07, 6.45) is 2.14. The monoisotopic (exact) mass is 276 g/mol. The zero-order valence-corrected chi connectivity index (χ0v) is 13.5. The Kier molecular flexibility index (Phi) is 4.71. The van der Waals surface area contributed by atoms with Crippen LogP contribution in [-0.4, -0.2) is 37.7 Å². The maximum Gasteiger partial charge on any atom is 0.122 e. The van der Waals surface area contributed by atoms with Gasteiger partial charge in [0.15, 0.2) is 0 Å². The molecule has 20 heavy (non-hydrogen) atoms. The number of nitrogens with one attached hydrogen (secondary N) is 1. The van der Waals surface area contributed by atoms with Crippen LogP contribution in [0.4, 0.5) is 0 Å². The van der Waals surface area contributed by atoms with Gasteiger partial charge in [-0.05, 0) is 51.2 Å². The molecule has 0 radical (unpaired) electrons. The van der Waals surface area contributed by atoms with Gasteiger partial charge in [0.2, 0.25) is 0 Å². The van der Waals surface area contributed by atoms with E-state index in [1.807, 2.05) is 0 Å². The molecule has 2 unspecified atom stereocenters. The SMILES string of the molecule is CCNC(c1ccc2c(c1)CCO2)C(C)(CC)N(C)C. The second-order valence-electron chi connectivity index (χ2n) is 6.06. The Morgan fingerprint density at radius 3 is 2.70 bits per heavy atom. The van der Waals surface area contributed by atoms with Gasteiger partial charge in [0.25, 0.3) is 0 Å². The van der Waals surface area contributed by atoms with Gasteiger partial charge in [0.1, 0.15) is 5.75 Å². The molecule has 0 aliphatic carbocycles. The Morgan fingerprint density at radius 2 is 2.10 bits per heavy atom. The molecule has 0 fully saturated rings. The minimum Gasteiger partial charge on any atom is -0.493 e. The van der Waals surface area contributed by atoms with Crippen LogP contribution in [0.2, 0.25) is 0 Å². The summed E-state index contributed by atoms with van der Waals surface area (Å²) in [5.74, 6) is 1.06. The summed E-state index contributed by atoms with van der Waals surface area (Å²) >= 11 is 0. The molecule has 1 aromatic carbocycles. The lowest BCUT2D eigenvalue weighted by Gasteiger charge is -2.43. The molecule has 0 amide bonds. The molecule has 1 aliphatic heterocycles. The van der Waals surface area contributed by atoms with E-state index in [-0.39, 0.29) is 5.54 Å². The zero-order chi connectivity index (χ0) is 14.8. The fourth-order valence-electron chi connectivity index (χ4n) is 3.07. The second kappa shape index (κ2) is 6.15. The van der Waals surface area contributed by atoms with Gasteiger partial charge in [-0.1, -0.05) is 26.0 Å². The van der Waals surface area contributed by atoms with E-state index in [1.54, 1.807) is 0 Å². The third-order valence-corrected chi connectivity index (χ3v) is 4.81. The predicted molar refractivity (Wildman–Crippen MR) is 84.4 cm³/mol. The first-order chi connectivity index (χ1) is 9.52. The van der Waals surface area contributed by atoms with Crippen LogP contribution >= 0.6 is 0 Å². The first-order valence-electron chi connectivity index (χ1n) is 7.69. The summed E-state index contributed by atoms with van der Waals surface area (Å²) in [6, 6.07) is 7.01. The Labute approximate surface area is 123 Å². The van der Waals surface area contributed by atoms with Gasteiger partial charge in [0.05, 0.1) is 12.6 Å². The number of likely N-dealkylation sites (N-methyl/N-ethyl adjacent to an activating group) is 2. The Balaban J connectivity index is 2.37. The van der Waals surface area contributed by atoms with Crippen LogP contribution in [-0.2, 0) is 6.42 Å². The highest BCUT2D eigenvalue weighted by molar-refractivity contribution is 5.41. The number of nitrogens with zero attached hydrogens (tertiary/aromatic N) is 1. The van der Waals surface area contributed by atoms with Gasteiger partial charge in [-0.3, -0.25) is 0 Å². The highest BCUT2D eigenvalue weighted by Crippen LogP contribution is 2.35. The van der Waals surface area contributed by atoms with Crippen molar-refractivity contribution < 1.29 is 4.74 Å². The lowest BCUT2D eigenvalue weighted by atomic mass is 9.83. The number of rotatable bonds is 6. The molecule has 112 valence electrons. The number of hydrogen-bond acceptors (Lipinski definition) is 3. The molecule has 3 nitrogen and oxygen atoms in total. The molecular weight excluding hydrogens is 248 g/mol. The number of benzene rings is 1. The van der Waals surface area contributed by atoms with Crippen LogP contribution in [0, 0.1) is 0 Å². The minimum atomic E-state index is 0.101. The molecule has 3 heteroatoms. The smallest absolute Gasteiger partial charge is 0.122 e. The van der Waals surface area contributed by atoms with Crippen molar-refractivity contribution in [2.24, 2.45) is 0 Å². The van der Waals surface area contributed by atoms with Crippen molar-refractivity contribution in [1.29, 1.82) is 0 Å².